The molecule has 9 nitrogen and oxygen atoms in total. The van der Waals surface area contributed by atoms with E-state index in [0.717, 1.165) is 9.87 Å². The molecule has 1 N–H and O–H groups in total. The predicted octanol–water partition coefficient (Wildman–Crippen LogP) is 3.16. The molecule has 36 heavy (non-hydrogen) atoms. The van der Waals surface area contributed by atoms with Crippen molar-refractivity contribution in [3.05, 3.63) is 72.3 Å². The third kappa shape index (κ3) is 5.49. The first-order chi connectivity index (χ1) is 17.3. The number of sulfonamides is 1. The lowest BCUT2D eigenvalue weighted by Crippen LogP contribution is -2.45. The summed E-state index contributed by atoms with van der Waals surface area (Å²) < 4.78 is 50.4. The number of rotatable bonds is 9. The van der Waals surface area contributed by atoms with Gasteiger partial charge in [-0.1, -0.05) is 29.8 Å². The van der Waals surface area contributed by atoms with Gasteiger partial charge in [0.1, 0.15) is 19.3 Å². The van der Waals surface area contributed by atoms with Gasteiger partial charge >= 0.3 is 0 Å². The maximum atomic E-state index is 13.7. The summed E-state index contributed by atoms with van der Waals surface area (Å²) in [7, 11) is -1.23. The van der Waals surface area contributed by atoms with Crippen LogP contribution >= 0.6 is 0 Å². The molecule has 4 rings (SSSR count). The lowest BCUT2D eigenvalue weighted by Gasteiger charge is -2.27. The van der Waals surface area contributed by atoms with Crippen LogP contribution in [0.4, 0.5) is 5.69 Å². The lowest BCUT2D eigenvalue weighted by atomic mass is 10.2. The maximum Gasteiger partial charge on any atom is 0.264 e. The second-order valence-electron chi connectivity index (χ2n) is 8.17. The molecule has 0 saturated carbocycles. The van der Waals surface area contributed by atoms with E-state index in [9.17, 15) is 13.2 Å². The van der Waals surface area contributed by atoms with Crippen molar-refractivity contribution >= 4 is 21.6 Å². The summed E-state index contributed by atoms with van der Waals surface area (Å²) in [4.78, 5) is 12.9. The molecule has 1 aliphatic heterocycles. The van der Waals surface area contributed by atoms with E-state index in [4.69, 9.17) is 18.9 Å². The molecular formula is C26H28N2O7S. The fourth-order valence-corrected chi connectivity index (χ4v) is 5.14. The number of carbonyl (C=O) groups is 1. The van der Waals surface area contributed by atoms with E-state index < -0.39 is 28.6 Å². The van der Waals surface area contributed by atoms with Gasteiger partial charge in [0.15, 0.2) is 23.0 Å². The van der Waals surface area contributed by atoms with Crippen LogP contribution in [0.15, 0.2) is 71.6 Å². The second kappa shape index (κ2) is 10.8. The van der Waals surface area contributed by atoms with Gasteiger partial charge in [-0.2, -0.15) is 0 Å². The SMILES string of the molecule is COc1ccc(S(=O)(=O)N(CC(=O)NC[C@@H]2COc3ccccc3O2)c2ccc(C)cc2)cc1OC. The average Bonchev–Trinajstić information content (AvgIpc) is 2.90. The van der Waals surface area contributed by atoms with Crippen molar-refractivity contribution in [1.82, 2.24) is 5.32 Å². The lowest BCUT2D eigenvalue weighted by molar-refractivity contribution is -0.120. The van der Waals surface area contributed by atoms with E-state index in [1.54, 1.807) is 30.3 Å². The number of nitrogens with zero attached hydrogens (tertiary/aromatic N) is 1. The van der Waals surface area contributed by atoms with Crippen LogP contribution in [0.3, 0.4) is 0 Å². The van der Waals surface area contributed by atoms with Crippen molar-refractivity contribution in [3.8, 4) is 23.0 Å². The minimum absolute atomic E-state index is 0.0332. The third-order valence-corrected chi connectivity index (χ3v) is 7.42. The standard InChI is InChI=1S/C26H28N2O7S/c1-18-8-10-19(11-9-18)28(36(30,31)21-12-13-22(32-2)25(14-21)33-3)16-26(29)27-15-20-17-34-23-6-4-5-7-24(23)35-20/h4-14,20H,15-17H2,1-3H3,(H,27,29)/t20-/m1/s1. The van der Waals surface area contributed by atoms with Crippen LogP contribution in [0.25, 0.3) is 0 Å². The van der Waals surface area contributed by atoms with Crippen molar-refractivity contribution < 1.29 is 32.2 Å². The number of nitrogens with one attached hydrogen (secondary N) is 1. The Morgan fingerprint density at radius 3 is 2.39 bits per heavy atom. The summed E-state index contributed by atoms with van der Waals surface area (Å²) >= 11 is 0. The van der Waals surface area contributed by atoms with E-state index in [1.807, 2.05) is 25.1 Å². The molecule has 0 bridgehead atoms. The number of anilines is 1. The summed E-state index contributed by atoms with van der Waals surface area (Å²) in [5.41, 5.74) is 1.32. The Balaban J connectivity index is 1.53. The topological polar surface area (TPSA) is 103 Å². The van der Waals surface area contributed by atoms with Gasteiger partial charge in [-0.05, 0) is 43.3 Å². The Bertz CT molecular complexity index is 1330. The normalized spacial score (nSPS) is 14.6. The molecular weight excluding hydrogens is 484 g/mol. The molecule has 1 aliphatic rings. The van der Waals surface area contributed by atoms with Gasteiger partial charge in [-0.15, -0.1) is 0 Å². The number of carbonyl (C=O) groups excluding carboxylic acids is 1. The molecule has 10 heteroatoms. The molecule has 1 heterocycles. The van der Waals surface area contributed by atoms with Crippen molar-refractivity contribution in [2.75, 3.05) is 38.2 Å². The minimum atomic E-state index is -4.12. The van der Waals surface area contributed by atoms with E-state index in [1.165, 1.54) is 32.4 Å². The first kappa shape index (κ1) is 25.2. The number of aryl methyl sites for hydroxylation is 1. The molecule has 3 aromatic carbocycles. The van der Waals surface area contributed by atoms with E-state index in [-0.39, 0.29) is 23.8 Å². The minimum Gasteiger partial charge on any atom is -0.493 e. The average molecular weight is 513 g/mol. The molecule has 0 unspecified atom stereocenters. The zero-order chi connectivity index (χ0) is 25.7. The first-order valence-corrected chi connectivity index (χ1v) is 12.7. The van der Waals surface area contributed by atoms with Crippen molar-refractivity contribution in [3.63, 3.8) is 0 Å². The summed E-state index contributed by atoms with van der Waals surface area (Å²) in [6, 6.07) is 18.5. The smallest absolute Gasteiger partial charge is 0.264 e. The highest BCUT2D eigenvalue weighted by molar-refractivity contribution is 7.92. The van der Waals surface area contributed by atoms with Gasteiger partial charge in [0, 0.05) is 6.07 Å². The van der Waals surface area contributed by atoms with Gasteiger partial charge in [0.2, 0.25) is 5.91 Å². The van der Waals surface area contributed by atoms with E-state index >= 15 is 0 Å². The highest BCUT2D eigenvalue weighted by Crippen LogP contribution is 2.33. The van der Waals surface area contributed by atoms with Crippen LogP contribution in [-0.2, 0) is 14.8 Å². The number of ether oxygens (including phenoxy) is 4. The van der Waals surface area contributed by atoms with E-state index in [0.29, 0.717) is 22.9 Å². The monoisotopic (exact) mass is 512 g/mol. The molecule has 1 atom stereocenters. The Labute approximate surface area is 210 Å². The zero-order valence-electron chi connectivity index (χ0n) is 20.3. The summed E-state index contributed by atoms with van der Waals surface area (Å²) in [5.74, 6) is 1.42. The summed E-state index contributed by atoms with van der Waals surface area (Å²) in [5, 5.41) is 2.76. The first-order valence-electron chi connectivity index (χ1n) is 11.3. The van der Waals surface area contributed by atoms with Crippen LogP contribution in [0.2, 0.25) is 0 Å². The highest BCUT2D eigenvalue weighted by Gasteiger charge is 2.29. The molecule has 0 fully saturated rings. The molecule has 3 aromatic rings. The van der Waals surface area contributed by atoms with Crippen LogP contribution < -0.4 is 28.6 Å². The Morgan fingerprint density at radius 2 is 1.69 bits per heavy atom. The van der Waals surface area contributed by atoms with Crippen LogP contribution in [-0.4, -0.2) is 54.3 Å². The molecule has 190 valence electrons. The van der Waals surface area contributed by atoms with Crippen LogP contribution in [0, 0.1) is 6.92 Å². The fraction of sp³-hybridized carbons (Fsp3) is 0.269. The number of para-hydroxylation sites is 2. The number of methoxy groups -OCH3 is 2. The number of amides is 1. The van der Waals surface area contributed by atoms with Crippen LogP contribution in [0.1, 0.15) is 5.56 Å². The van der Waals surface area contributed by atoms with Gasteiger partial charge in [0.25, 0.3) is 10.0 Å². The highest BCUT2D eigenvalue weighted by atomic mass is 32.2. The zero-order valence-corrected chi connectivity index (χ0v) is 21.1. The third-order valence-electron chi connectivity index (χ3n) is 5.65. The molecule has 0 radical (unpaired) electrons. The van der Waals surface area contributed by atoms with Crippen LogP contribution in [0.5, 0.6) is 23.0 Å². The number of fused-ring (bicyclic) bond motifs is 1. The summed E-state index contributed by atoms with van der Waals surface area (Å²) in [6.45, 7) is 1.90. The number of hydrogen-bond acceptors (Lipinski definition) is 7. The van der Waals surface area contributed by atoms with Gasteiger partial charge in [-0.3, -0.25) is 9.10 Å². The van der Waals surface area contributed by atoms with Crippen molar-refractivity contribution in [1.29, 1.82) is 0 Å². The molecule has 0 spiro atoms. The molecule has 0 saturated heterocycles. The van der Waals surface area contributed by atoms with Gasteiger partial charge in [-0.25, -0.2) is 8.42 Å². The Hall–Kier alpha value is -3.92. The number of benzene rings is 3. The molecule has 0 aliphatic carbocycles. The molecule has 0 aromatic heterocycles. The van der Waals surface area contributed by atoms with Crippen molar-refractivity contribution in [2.24, 2.45) is 0 Å². The van der Waals surface area contributed by atoms with Crippen molar-refractivity contribution in [2.45, 2.75) is 17.9 Å². The quantitative estimate of drug-likeness (QED) is 0.470. The number of hydrogen-bond donors (Lipinski definition) is 1. The maximum absolute atomic E-state index is 13.7. The largest absolute Gasteiger partial charge is 0.493 e. The Morgan fingerprint density at radius 1 is 1.00 bits per heavy atom. The predicted molar refractivity (Wildman–Crippen MR) is 135 cm³/mol. The Kier molecular flexibility index (Phi) is 7.54. The fourth-order valence-electron chi connectivity index (χ4n) is 3.71. The molecule has 1 amide bonds. The van der Waals surface area contributed by atoms with Gasteiger partial charge < -0.3 is 24.3 Å². The van der Waals surface area contributed by atoms with E-state index in [2.05, 4.69) is 5.32 Å². The second-order valence-corrected chi connectivity index (χ2v) is 10.0. The van der Waals surface area contributed by atoms with Gasteiger partial charge in [0.05, 0.1) is 31.3 Å². The summed E-state index contributed by atoms with van der Waals surface area (Å²) in [6.07, 6.45) is -0.404.